The lowest BCUT2D eigenvalue weighted by atomic mass is 10.2. The molecule has 1 fully saturated rings. The van der Waals surface area contributed by atoms with Crippen molar-refractivity contribution in [2.24, 2.45) is 0 Å². The SMILES string of the molecule is CC(C)(C)[Si](OC[C@H]1O[C@@H](n2ccc3c(Cl)nc(NC=O)nc32)C[C@@H]1O)(c1ccccc1)c1ccccc1. The summed E-state index contributed by atoms with van der Waals surface area (Å²) in [6.07, 6.45) is 0.906. The number of benzene rings is 2. The maximum atomic E-state index is 11.0. The fraction of sp³-hybridized carbons (Fsp3) is 0.321. The van der Waals surface area contributed by atoms with E-state index in [-0.39, 0.29) is 22.7 Å². The van der Waals surface area contributed by atoms with E-state index in [1.807, 2.05) is 41.0 Å². The summed E-state index contributed by atoms with van der Waals surface area (Å²) in [6.45, 7) is 6.88. The first-order valence-electron chi connectivity index (χ1n) is 12.6. The average Bonchev–Trinajstić information content (AvgIpc) is 3.49. The molecule has 2 aromatic carbocycles. The maximum Gasteiger partial charge on any atom is 0.261 e. The van der Waals surface area contributed by atoms with Crippen LogP contribution in [0.1, 0.15) is 33.4 Å². The molecule has 1 aliphatic heterocycles. The Morgan fingerprint density at radius 1 is 1.11 bits per heavy atom. The summed E-state index contributed by atoms with van der Waals surface area (Å²) < 4.78 is 15.2. The lowest BCUT2D eigenvalue weighted by Crippen LogP contribution is -2.67. The Bertz CT molecular complexity index is 1370. The van der Waals surface area contributed by atoms with E-state index >= 15 is 0 Å². The van der Waals surface area contributed by atoms with E-state index in [2.05, 4.69) is 60.3 Å². The lowest BCUT2D eigenvalue weighted by molar-refractivity contribution is -0.105. The van der Waals surface area contributed by atoms with Crippen molar-refractivity contribution in [1.82, 2.24) is 14.5 Å². The Morgan fingerprint density at radius 2 is 1.74 bits per heavy atom. The molecule has 2 aromatic heterocycles. The van der Waals surface area contributed by atoms with Crippen LogP contribution in [-0.2, 0) is 14.0 Å². The number of carbonyl (C=O) groups excluding carboxylic acids is 1. The number of aromatic nitrogens is 3. The van der Waals surface area contributed by atoms with E-state index in [0.29, 0.717) is 23.9 Å². The number of hydrogen-bond donors (Lipinski definition) is 2. The van der Waals surface area contributed by atoms with Gasteiger partial charge in [0.15, 0.2) is 0 Å². The second-order valence-corrected chi connectivity index (χ2v) is 15.1. The first-order valence-corrected chi connectivity index (χ1v) is 14.9. The van der Waals surface area contributed by atoms with Crippen LogP contribution in [0.25, 0.3) is 11.0 Å². The van der Waals surface area contributed by atoms with Crippen LogP contribution in [0, 0.1) is 0 Å². The highest BCUT2D eigenvalue weighted by Gasteiger charge is 2.51. The molecule has 198 valence electrons. The van der Waals surface area contributed by atoms with Gasteiger partial charge in [-0.1, -0.05) is 93.0 Å². The van der Waals surface area contributed by atoms with Crippen LogP contribution in [-0.4, -0.2) is 53.2 Å². The highest BCUT2D eigenvalue weighted by molar-refractivity contribution is 6.99. The summed E-state index contributed by atoms with van der Waals surface area (Å²) in [7, 11) is -2.78. The van der Waals surface area contributed by atoms with E-state index in [4.69, 9.17) is 20.8 Å². The van der Waals surface area contributed by atoms with Gasteiger partial charge in [-0.3, -0.25) is 10.1 Å². The number of hydrogen-bond acceptors (Lipinski definition) is 6. The molecule has 10 heteroatoms. The van der Waals surface area contributed by atoms with Gasteiger partial charge < -0.3 is 18.8 Å². The van der Waals surface area contributed by atoms with Crippen molar-refractivity contribution in [2.45, 2.75) is 50.7 Å². The monoisotopic (exact) mass is 550 g/mol. The second-order valence-electron chi connectivity index (χ2n) is 10.5. The molecular formula is C28H31ClN4O4Si. The third-order valence-corrected chi connectivity index (χ3v) is 12.4. The first-order chi connectivity index (χ1) is 18.2. The van der Waals surface area contributed by atoms with Gasteiger partial charge in [0.1, 0.15) is 23.1 Å². The van der Waals surface area contributed by atoms with Crippen molar-refractivity contribution < 1.29 is 19.1 Å². The zero-order valence-electron chi connectivity index (χ0n) is 21.5. The summed E-state index contributed by atoms with van der Waals surface area (Å²) in [5.41, 5.74) is 0.514. The smallest absolute Gasteiger partial charge is 0.261 e. The minimum atomic E-state index is -2.78. The maximum absolute atomic E-state index is 11.0. The molecule has 1 amide bonds. The summed E-state index contributed by atoms with van der Waals surface area (Å²) in [4.78, 5) is 19.4. The molecule has 0 aliphatic carbocycles. The number of ether oxygens (including phenoxy) is 1. The van der Waals surface area contributed by atoms with E-state index in [9.17, 15) is 9.90 Å². The molecule has 8 nitrogen and oxygen atoms in total. The van der Waals surface area contributed by atoms with Crippen molar-refractivity contribution >= 4 is 53.7 Å². The van der Waals surface area contributed by atoms with Crippen LogP contribution in [0.15, 0.2) is 72.9 Å². The molecule has 3 heterocycles. The Kier molecular flexibility index (Phi) is 7.39. The number of anilines is 1. The molecule has 0 radical (unpaired) electrons. The minimum Gasteiger partial charge on any atom is -0.405 e. The number of nitrogens with one attached hydrogen (secondary N) is 1. The van der Waals surface area contributed by atoms with Crippen LogP contribution in [0.3, 0.4) is 0 Å². The van der Waals surface area contributed by atoms with Gasteiger partial charge in [0.2, 0.25) is 12.4 Å². The Hall–Kier alpha value is -3.08. The number of aliphatic hydroxyl groups excluding tert-OH is 1. The van der Waals surface area contributed by atoms with Crippen molar-refractivity contribution in [3.8, 4) is 0 Å². The number of fused-ring (bicyclic) bond motifs is 1. The normalized spacial score (nSPS) is 20.1. The molecular weight excluding hydrogens is 520 g/mol. The third kappa shape index (κ3) is 4.76. The van der Waals surface area contributed by atoms with Crippen LogP contribution in [0.5, 0.6) is 0 Å². The van der Waals surface area contributed by atoms with Gasteiger partial charge in [0, 0.05) is 12.6 Å². The van der Waals surface area contributed by atoms with Gasteiger partial charge in [0.25, 0.3) is 8.32 Å². The highest BCUT2D eigenvalue weighted by atomic mass is 35.5. The largest absolute Gasteiger partial charge is 0.405 e. The van der Waals surface area contributed by atoms with Gasteiger partial charge in [-0.25, -0.2) is 0 Å². The number of aliphatic hydroxyl groups is 1. The van der Waals surface area contributed by atoms with Gasteiger partial charge in [-0.15, -0.1) is 0 Å². The van der Waals surface area contributed by atoms with Crippen molar-refractivity contribution in [2.75, 3.05) is 11.9 Å². The van der Waals surface area contributed by atoms with Crippen LogP contribution >= 0.6 is 11.6 Å². The predicted molar refractivity (Wildman–Crippen MR) is 150 cm³/mol. The number of carbonyl (C=O) groups is 1. The third-order valence-electron chi connectivity index (χ3n) is 7.11. The number of halogens is 1. The van der Waals surface area contributed by atoms with Gasteiger partial charge in [0.05, 0.1) is 18.1 Å². The second kappa shape index (κ2) is 10.6. The summed E-state index contributed by atoms with van der Waals surface area (Å²) in [5.74, 6) is 0.0996. The van der Waals surface area contributed by atoms with Gasteiger partial charge in [-0.2, -0.15) is 9.97 Å². The van der Waals surface area contributed by atoms with Crippen molar-refractivity contribution in [1.29, 1.82) is 0 Å². The Labute approximate surface area is 227 Å². The molecule has 1 aliphatic rings. The standard InChI is InChI=1S/C28H31ClN4O4Si/c1-28(2,3)38(19-10-6-4-7-11-19,20-12-8-5-9-13-20)36-17-23-22(35)16-24(37-23)33-15-14-21-25(29)31-27(30-18-34)32-26(21)33/h4-15,18,22-24,35H,16-17H2,1-3H3,(H,30,31,32,34)/t22-,23+,24+/m0/s1. The quantitative estimate of drug-likeness (QED) is 0.196. The van der Waals surface area contributed by atoms with Crippen LogP contribution in [0.4, 0.5) is 5.95 Å². The van der Waals surface area contributed by atoms with E-state index in [1.54, 1.807) is 12.3 Å². The molecule has 2 N–H and O–H groups in total. The lowest BCUT2D eigenvalue weighted by Gasteiger charge is -2.43. The Balaban J connectivity index is 1.45. The molecule has 0 bridgehead atoms. The number of amides is 1. The molecule has 4 aromatic rings. The summed E-state index contributed by atoms with van der Waals surface area (Å²) >= 11 is 6.31. The highest BCUT2D eigenvalue weighted by Crippen LogP contribution is 2.38. The van der Waals surface area contributed by atoms with Gasteiger partial charge >= 0.3 is 0 Å². The molecule has 3 atom stereocenters. The zero-order chi connectivity index (χ0) is 26.9. The summed E-state index contributed by atoms with van der Waals surface area (Å²) in [6, 6.07) is 22.6. The molecule has 5 rings (SSSR count). The van der Waals surface area contributed by atoms with E-state index in [1.165, 1.54) is 10.4 Å². The molecule has 0 unspecified atom stereocenters. The minimum absolute atomic E-state index is 0.0996. The fourth-order valence-corrected chi connectivity index (χ4v) is 10.1. The molecule has 1 saturated heterocycles. The summed E-state index contributed by atoms with van der Waals surface area (Å²) in [5, 5.41) is 16.5. The fourth-order valence-electron chi connectivity index (χ4n) is 5.35. The number of rotatable bonds is 8. The first kappa shape index (κ1) is 26.5. The topological polar surface area (TPSA) is 98.5 Å². The van der Waals surface area contributed by atoms with Crippen molar-refractivity contribution in [3.63, 3.8) is 0 Å². The van der Waals surface area contributed by atoms with Crippen LogP contribution in [0.2, 0.25) is 10.2 Å². The van der Waals surface area contributed by atoms with Crippen LogP contribution < -0.4 is 15.7 Å². The van der Waals surface area contributed by atoms with Gasteiger partial charge in [-0.05, 0) is 21.5 Å². The zero-order valence-corrected chi connectivity index (χ0v) is 23.3. The predicted octanol–water partition coefficient (Wildman–Crippen LogP) is 3.88. The average molecular weight is 551 g/mol. The van der Waals surface area contributed by atoms with E-state index in [0.717, 1.165) is 0 Å². The molecule has 0 saturated carbocycles. The van der Waals surface area contributed by atoms with Crippen molar-refractivity contribution in [3.05, 3.63) is 78.1 Å². The Morgan fingerprint density at radius 3 is 2.32 bits per heavy atom. The molecule has 38 heavy (non-hydrogen) atoms. The number of nitrogens with zero attached hydrogens (tertiary/aromatic N) is 3. The molecule has 0 spiro atoms. The van der Waals surface area contributed by atoms with E-state index < -0.39 is 26.8 Å².